The van der Waals surface area contributed by atoms with Crippen molar-refractivity contribution in [1.82, 2.24) is 5.32 Å². The van der Waals surface area contributed by atoms with Gasteiger partial charge in [0.25, 0.3) is 0 Å². The minimum atomic E-state index is 0.0202. The number of para-hydroxylation sites is 1. The van der Waals surface area contributed by atoms with Crippen molar-refractivity contribution in [3.63, 3.8) is 0 Å². The highest BCUT2D eigenvalue weighted by Crippen LogP contribution is 2.32. The number of carbonyl (C=O) groups is 1. The van der Waals surface area contributed by atoms with Gasteiger partial charge in [-0.3, -0.25) is 4.90 Å². The lowest BCUT2D eigenvalue weighted by atomic mass is 9.97. The summed E-state index contributed by atoms with van der Waals surface area (Å²) in [5.74, 6) is 0. The van der Waals surface area contributed by atoms with Crippen molar-refractivity contribution in [3.8, 4) is 0 Å². The number of nitrogens with two attached hydrogens (primary N) is 1. The van der Waals surface area contributed by atoms with E-state index in [0.29, 0.717) is 12.6 Å². The fraction of sp³-hybridized carbons (Fsp3) is 0.462. The van der Waals surface area contributed by atoms with Gasteiger partial charge in [0.1, 0.15) is 0 Å². The predicted molar refractivity (Wildman–Crippen MR) is 66.9 cm³/mol. The second-order valence-electron chi connectivity index (χ2n) is 4.83. The van der Waals surface area contributed by atoms with Crippen molar-refractivity contribution in [2.24, 2.45) is 5.73 Å². The van der Waals surface area contributed by atoms with Gasteiger partial charge in [0.2, 0.25) is 0 Å². The Hall–Kier alpha value is -1.55. The van der Waals surface area contributed by atoms with Crippen molar-refractivity contribution in [2.75, 3.05) is 11.4 Å². The number of urea groups is 1. The lowest BCUT2D eigenvalue weighted by Crippen LogP contribution is -2.45. The zero-order valence-corrected chi connectivity index (χ0v) is 9.73. The summed E-state index contributed by atoms with van der Waals surface area (Å²) in [4.78, 5) is 13.9. The molecule has 0 spiro atoms. The van der Waals surface area contributed by atoms with Crippen LogP contribution in [0.2, 0.25) is 0 Å². The van der Waals surface area contributed by atoms with E-state index >= 15 is 0 Å². The van der Waals surface area contributed by atoms with Crippen LogP contribution in [0.3, 0.4) is 0 Å². The lowest BCUT2D eigenvalue weighted by Gasteiger charge is -2.32. The van der Waals surface area contributed by atoms with Gasteiger partial charge in [-0.15, -0.1) is 0 Å². The normalized spacial score (nSPS) is 23.1. The van der Waals surface area contributed by atoms with Crippen LogP contribution in [0.15, 0.2) is 24.3 Å². The van der Waals surface area contributed by atoms with Crippen LogP contribution >= 0.6 is 0 Å². The lowest BCUT2D eigenvalue weighted by molar-refractivity contribution is 0.245. The van der Waals surface area contributed by atoms with E-state index in [9.17, 15) is 4.79 Å². The summed E-state index contributed by atoms with van der Waals surface area (Å²) in [5, 5.41) is 3.03. The second kappa shape index (κ2) is 4.04. The van der Waals surface area contributed by atoms with E-state index in [0.717, 1.165) is 30.5 Å². The van der Waals surface area contributed by atoms with Crippen LogP contribution in [0, 0.1) is 0 Å². The Kier molecular flexibility index (Phi) is 2.52. The fourth-order valence-electron chi connectivity index (χ4n) is 2.28. The number of hydrogen-bond acceptors (Lipinski definition) is 2. The summed E-state index contributed by atoms with van der Waals surface area (Å²) in [7, 11) is 0. The number of benzene rings is 1. The molecule has 4 heteroatoms. The number of nitrogens with zero attached hydrogens (tertiary/aromatic N) is 1. The molecule has 1 atom stereocenters. The first-order chi connectivity index (χ1) is 8.25. The summed E-state index contributed by atoms with van der Waals surface area (Å²) in [6, 6.07) is 8.38. The van der Waals surface area contributed by atoms with Gasteiger partial charge in [-0.1, -0.05) is 18.2 Å². The molecule has 2 amide bonds. The van der Waals surface area contributed by atoms with E-state index in [2.05, 4.69) is 5.32 Å². The van der Waals surface area contributed by atoms with Crippen molar-refractivity contribution in [1.29, 1.82) is 0 Å². The van der Waals surface area contributed by atoms with Crippen LogP contribution in [0.4, 0.5) is 10.5 Å². The molecular weight excluding hydrogens is 214 g/mol. The molecule has 0 aromatic heterocycles. The highest BCUT2D eigenvalue weighted by Gasteiger charge is 2.30. The topological polar surface area (TPSA) is 58.4 Å². The third-order valence-electron chi connectivity index (χ3n) is 3.44. The maximum Gasteiger partial charge on any atom is 0.322 e. The minimum absolute atomic E-state index is 0.0202. The molecule has 1 heterocycles. The first-order valence-corrected chi connectivity index (χ1v) is 6.18. The summed E-state index contributed by atoms with van der Waals surface area (Å²) >= 11 is 0. The quantitative estimate of drug-likeness (QED) is 0.774. The SMILES string of the molecule is NC1CCN(C(=O)NC2CC2)c2ccccc21. The molecule has 0 saturated heterocycles. The highest BCUT2D eigenvalue weighted by atomic mass is 16.2. The molecule has 17 heavy (non-hydrogen) atoms. The molecule has 3 N–H and O–H groups in total. The fourth-order valence-corrected chi connectivity index (χ4v) is 2.28. The van der Waals surface area contributed by atoms with Gasteiger partial charge >= 0.3 is 6.03 Å². The molecule has 90 valence electrons. The van der Waals surface area contributed by atoms with Crippen molar-refractivity contribution < 1.29 is 4.79 Å². The predicted octanol–water partition coefficient (Wildman–Crippen LogP) is 1.77. The molecule has 1 unspecified atom stereocenters. The zero-order valence-electron chi connectivity index (χ0n) is 9.73. The molecule has 1 fully saturated rings. The van der Waals surface area contributed by atoms with Gasteiger partial charge in [0.05, 0.1) is 5.69 Å². The first kappa shape index (κ1) is 10.6. The third-order valence-corrected chi connectivity index (χ3v) is 3.44. The Balaban J connectivity index is 1.86. The Bertz CT molecular complexity index is 442. The van der Waals surface area contributed by atoms with Gasteiger partial charge in [-0.2, -0.15) is 0 Å². The Labute approximate surface area is 101 Å². The zero-order chi connectivity index (χ0) is 11.8. The average molecular weight is 231 g/mol. The van der Waals surface area contributed by atoms with E-state index < -0.39 is 0 Å². The van der Waals surface area contributed by atoms with E-state index in [1.165, 1.54) is 0 Å². The first-order valence-electron chi connectivity index (χ1n) is 6.18. The van der Waals surface area contributed by atoms with Crippen LogP contribution in [-0.4, -0.2) is 18.6 Å². The number of carbonyl (C=O) groups excluding carboxylic acids is 1. The molecule has 4 nitrogen and oxygen atoms in total. The van der Waals surface area contributed by atoms with Crippen molar-refractivity contribution in [2.45, 2.75) is 31.3 Å². The number of fused-ring (bicyclic) bond motifs is 1. The van der Waals surface area contributed by atoms with Crippen molar-refractivity contribution >= 4 is 11.7 Å². The minimum Gasteiger partial charge on any atom is -0.335 e. The van der Waals surface area contributed by atoms with Crippen LogP contribution in [0.25, 0.3) is 0 Å². The van der Waals surface area contributed by atoms with Crippen molar-refractivity contribution in [3.05, 3.63) is 29.8 Å². The van der Waals surface area contributed by atoms with Gasteiger partial charge in [0.15, 0.2) is 0 Å². The van der Waals surface area contributed by atoms with E-state index in [1.54, 1.807) is 0 Å². The van der Waals surface area contributed by atoms with E-state index in [1.807, 2.05) is 29.2 Å². The molecule has 3 rings (SSSR count). The number of amides is 2. The molecule has 0 bridgehead atoms. The molecule has 1 saturated carbocycles. The largest absolute Gasteiger partial charge is 0.335 e. The summed E-state index contributed by atoms with van der Waals surface area (Å²) in [5.41, 5.74) is 8.10. The van der Waals surface area contributed by atoms with Crippen LogP contribution in [-0.2, 0) is 0 Å². The Morgan fingerprint density at radius 2 is 2.06 bits per heavy atom. The Morgan fingerprint density at radius 1 is 1.29 bits per heavy atom. The molecule has 1 aliphatic heterocycles. The molecule has 0 radical (unpaired) electrons. The van der Waals surface area contributed by atoms with Crippen LogP contribution in [0.5, 0.6) is 0 Å². The van der Waals surface area contributed by atoms with Crippen LogP contribution < -0.4 is 16.0 Å². The van der Waals surface area contributed by atoms with Gasteiger partial charge < -0.3 is 11.1 Å². The number of nitrogens with one attached hydrogen (secondary N) is 1. The van der Waals surface area contributed by atoms with Gasteiger partial charge in [0, 0.05) is 18.6 Å². The summed E-state index contributed by atoms with van der Waals surface area (Å²) in [6.07, 6.45) is 3.05. The Morgan fingerprint density at radius 3 is 2.82 bits per heavy atom. The summed E-state index contributed by atoms with van der Waals surface area (Å²) in [6.45, 7) is 0.705. The number of hydrogen-bond donors (Lipinski definition) is 2. The molecule has 1 aliphatic carbocycles. The average Bonchev–Trinajstić information content (AvgIpc) is 3.14. The standard InChI is InChI=1S/C13H17N3O/c14-11-7-8-16(13(17)15-9-5-6-9)12-4-2-1-3-10(11)12/h1-4,9,11H,5-8,14H2,(H,15,17). The monoisotopic (exact) mass is 231 g/mol. The van der Waals surface area contributed by atoms with Gasteiger partial charge in [-0.25, -0.2) is 4.79 Å². The highest BCUT2D eigenvalue weighted by molar-refractivity contribution is 5.93. The number of anilines is 1. The smallest absolute Gasteiger partial charge is 0.322 e. The van der Waals surface area contributed by atoms with E-state index in [-0.39, 0.29) is 12.1 Å². The maximum atomic E-state index is 12.1. The molecule has 2 aliphatic rings. The molecule has 1 aromatic carbocycles. The molecule has 1 aromatic rings. The molecular formula is C13H17N3O. The second-order valence-corrected chi connectivity index (χ2v) is 4.83. The third kappa shape index (κ3) is 2.00. The van der Waals surface area contributed by atoms with Gasteiger partial charge in [-0.05, 0) is 30.9 Å². The summed E-state index contributed by atoms with van der Waals surface area (Å²) < 4.78 is 0. The number of rotatable bonds is 1. The van der Waals surface area contributed by atoms with Crippen LogP contribution in [0.1, 0.15) is 30.9 Å². The maximum absolute atomic E-state index is 12.1. The van der Waals surface area contributed by atoms with E-state index in [4.69, 9.17) is 5.73 Å².